The van der Waals surface area contributed by atoms with Crippen LogP contribution in [0.1, 0.15) is 16.7 Å². The van der Waals surface area contributed by atoms with E-state index < -0.39 is 0 Å². The second-order valence-corrected chi connectivity index (χ2v) is 8.49. The van der Waals surface area contributed by atoms with Crippen LogP contribution in [-0.4, -0.2) is 57.4 Å². The van der Waals surface area contributed by atoms with Gasteiger partial charge in [-0.3, -0.25) is 4.90 Å². The molecule has 0 spiro atoms. The second-order valence-electron chi connectivity index (χ2n) is 7.70. The summed E-state index contributed by atoms with van der Waals surface area (Å²) in [7, 11) is 1.68. The Kier molecular flexibility index (Phi) is 5.73. The number of nitrogens with one attached hydrogen (secondary N) is 2. The van der Waals surface area contributed by atoms with Crippen LogP contribution in [0.25, 0.3) is 17.2 Å². The number of methoxy groups -OCH3 is 1. The highest BCUT2D eigenvalue weighted by Crippen LogP contribution is 2.34. The van der Waals surface area contributed by atoms with E-state index in [1.807, 2.05) is 6.07 Å². The molecule has 33 heavy (non-hydrogen) atoms. The minimum atomic E-state index is 0.186. The quantitative estimate of drug-likeness (QED) is 0.323. The average Bonchev–Trinajstić information content (AvgIpc) is 3.50. The number of rotatable bonds is 7. The van der Waals surface area contributed by atoms with Gasteiger partial charge >= 0.3 is 0 Å². The van der Waals surface area contributed by atoms with Crippen LogP contribution in [0.5, 0.6) is 5.75 Å². The number of nitrogen functional groups attached to an aromatic ring is 1. The molecule has 4 aromatic rings. The van der Waals surface area contributed by atoms with E-state index in [0.29, 0.717) is 35.2 Å². The molecule has 0 amide bonds. The maximum absolute atomic E-state index is 7.92. The van der Waals surface area contributed by atoms with Crippen molar-refractivity contribution in [3.63, 3.8) is 0 Å². The fourth-order valence-electron chi connectivity index (χ4n) is 4.06. The number of anilines is 2. The highest BCUT2D eigenvalue weighted by molar-refractivity contribution is 9.10. The second kappa shape index (κ2) is 8.83. The fraction of sp³-hybridized carbons (Fsp3) is 0.273. The molecule has 0 saturated heterocycles. The van der Waals surface area contributed by atoms with Crippen molar-refractivity contribution in [3.05, 3.63) is 51.7 Å². The zero-order chi connectivity index (χ0) is 22.9. The summed E-state index contributed by atoms with van der Waals surface area (Å²) in [5.74, 6) is 2.46. The molecule has 0 bridgehead atoms. The maximum Gasteiger partial charge on any atom is 0.225 e. The largest absolute Gasteiger partial charge is 0.496 e. The lowest BCUT2D eigenvalue weighted by Crippen LogP contribution is -2.34. The van der Waals surface area contributed by atoms with E-state index in [1.165, 1.54) is 21.9 Å². The molecule has 4 N–H and O–H groups in total. The predicted octanol–water partition coefficient (Wildman–Crippen LogP) is 3.21. The first-order valence-corrected chi connectivity index (χ1v) is 11.3. The van der Waals surface area contributed by atoms with Gasteiger partial charge in [0.2, 0.25) is 11.8 Å². The van der Waals surface area contributed by atoms with E-state index in [4.69, 9.17) is 20.3 Å². The van der Waals surface area contributed by atoms with Crippen LogP contribution in [0.2, 0.25) is 0 Å². The number of nitrogens with zero attached hydrogens (tertiary/aromatic N) is 5. The zero-order valence-electron chi connectivity index (χ0n) is 18.0. The number of benzene rings is 1. The van der Waals surface area contributed by atoms with Gasteiger partial charge in [-0.2, -0.15) is 9.50 Å². The number of nitrogens with two attached hydrogens (primary N) is 1. The molecule has 0 saturated carbocycles. The highest BCUT2D eigenvalue weighted by Gasteiger charge is 2.21. The van der Waals surface area contributed by atoms with Crippen LogP contribution in [0, 0.1) is 5.41 Å². The molecule has 0 unspecified atom stereocenters. The first-order chi connectivity index (χ1) is 16.1. The number of hydrogen-bond acceptors (Lipinski definition) is 9. The Morgan fingerprint density at radius 2 is 2.21 bits per heavy atom. The number of ether oxygens (including phenoxy) is 1. The summed E-state index contributed by atoms with van der Waals surface area (Å²) in [4.78, 5) is 11.3. The molecular weight excluding hydrogens is 488 g/mol. The first-order valence-electron chi connectivity index (χ1n) is 10.5. The maximum atomic E-state index is 7.92. The Morgan fingerprint density at radius 3 is 2.97 bits per heavy atom. The van der Waals surface area contributed by atoms with Gasteiger partial charge < -0.3 is 25.6 Å². The lowest BCUT2D eigenvalue weighted by Gasteiger charge is -2.30. The van der Waals surface area contributed by atoms with Gasteiger partial charge in [0.05, 0.1) is 23.4 Å². The van der Waals surface area contributed by atoms with Gasteiger partial charge in [0, 0.05) is 32.4 Å². The van der Waals surface area contributed by atoms with Crippen molar-refractivity contribution >= 4 is 39.6 Å². The fourth-order valence-corrected chi connectivity index (χ4v) is 4.73. The molecule has 0 aliphatic carbocycles. The molecule has 170 valence electrons. The van der Waals surface area contributed by atoms with Crippen LogP contribution in [0.3, 0.4) is 0 Å². The summed E-state index contributed by atoms with van der Waals surface area (Å²) in [6.45, 7) is 3.24. The zero-order valence-corrected chi connectivity index (χ0v) is 19.6. The highest BCUT2D eigenvalue weighted by atomic mass is 79.9. The molecule has 5 rings (SSSR count). The Bertz CT molecular complexity index is 1320. The molecule has 1 aliphatic heterocycles. The topological polar surface area (TPSA) is 131 Å². The molecule has 0 radical (unpaired) electrons. The van der Waals surface area contributed by atoms with Gasteiger partial charge in [-0.1, -0.05) is 6.07 Å². The Morgan fingerprint density at radius 1 is 1.33 bits per heavy atom. The van der Waals surface area contributed by atoms with Crippen molar-refractivity contribution in [2.45, 2.75) is 13.0 Å². The van der Waals surface area contributed by atoms with Gasteiger partial charge in [0.15, 0.2) is 11.4 Å². The summed E-state index contributed by atoms with van der Waals surface area (Å²) in [6, 6.07) is 7.68. The van der Waals surface area contributed by atoms with Crippen molar-refractivity contribution in [2.75, 3.05) is 37.8 Å². The van der Waals surface area contributed by atoms with E-state index in [9.17, 15) is 0 Å². The standard InChI is InChI=1S/C22H23BrN8O2/c1-32-16-5-4-13-6-8-30(12-15(13)18(16)23)9-7-26-19-14(11-24)21-27-20(17-3-2-10-33-17)29-31(21)22(25)28-19/h2-5,10-11,24,26H,6-9,12H2,1H3,(H2,25,28). The van der Waals surface area contributed by atoms with E-state index >= 15 is 0 Å². The van der Waals surface area contributed by atoms with E-state index in [1.54, 1.807) is 25.5 Å². The van der Waals surface area contributed by atoms with Gasteiger partial charge in [0.25, 0.3) is 0 Å². The molecule has 4 heterocycles. The molecule has 0 atom stereocenters. The van der Waals surface area contributed by atoms with Crippen molar-refractivity contribution in [3.8, 4) is 17.3 Å². The minimum absolute atomic E-state index is 0.186. The normalized spacial score (nSPS) is 13.8. The molecule has 1 aromatic carbocycles. The van der Waals surface area contributed by atoms with Crippen LogP contribution in [0.15, 0.2) is 39.4 Å². The molecule has 3 aromatic heterocycles. The van der Waals surface area contributed by atoms with Crippen molar-refractivity contribution in [1.29, 1.82) is 5.41 Å². The number of aromatic nitrogens is 4. The van der Waals surface area contributed by atoms with Gasteiger partial charge in [0.1, 0.15) is 11.6 Å². The van der Waals surface area contributed by atoms with Crippen LogP contribution >= 0.6 is 15.9 Å². The van der Waals surface area contributed by atoms with Gasteiger partial charge in [-0.25, -0.2) is 4.98 Å². The predicted molar refractivity (Wildman–Crippen MR) is 129 cm³/mol. The molecule has 11 heteroatoms. The van der Waals surface area contributed by atoms with Crippen molar-refractivity contribution in [2.24, 2.45) is 0 Å². The SMILES string of the molecule is COc1ccc2c(c1Br)CN(CCNc1nc(N)n3nc(-c4ccco4)nc3c1C=N)CC2. The number of furan rings is 1. The van der Waals surface area contributed by atoms with E-state index in [0.717, 1.165) is 36.3 Å². The molecule has 10 nitrogen and oxygen atoms in total. The summed E-state index contributed by atoms with van der Waals surface area (Å²) in [6.07, 6.45) is 3.75. The molecule has 0 fully saturated rings. The number of hydrogen-bond donors (Lipinski definition) is 3. The van der Waals surface area contributed by atoms with Gasteiger partial charge in [-0.05, 0) is 51.7 Å². The monoisotopic (exact) mass is 510 g/mol. The van der Waals surface area contributed by atoms with Gasteiger partial charge in [-0.15, -0.1) is 5.10 Å². The van der Waals surface area contributed by atoms with E-state index in [2.05, 4.69) is 47.3 Å². The molecular formula is C22H23BrN8O2. The Balaban J connectivity index is 1.32. The minimum Gasteiger partial charge on any atom is -0.496 e. The van der Waals surface area contributed by atoms with Crippen LogP contribution in [0.4, 0.5) is 11.8 Å². The van der Waals surface area contributed by atoms with E-state index in [-0.39, 0.29) is 5.95 Å². The number of halogens is 1. The van der Waals surface area contributed by atoms with Crippen molar-refractivity contribution < 1.29 is 9.15 Å². The first kappa shape index (κ1) is 21.4. The van der Waals surface area contributed by atoms with Crippen molar-refractivity contribution in [1.82, 2.24) is 24.5 Å². The third kappa shape index (κ3) is 3.93. The Hall–Kier alpha value is -3.44. The summed E-state index contributed by atoms with van der Waals surface area (Å²) >= 11 is 3.69. The Labute approximate surface area is 198 Å². The lowest BCUT2D eigenvalue weighted by molar-refractivity contribution is 0.262. The third-order valence-corrected chi connectivity index (χ3v) is 6.63. The third-order valence-electron chi connectivity index (χ3n) is 5.76. The summed E-state index contributed by atoms with van der Waals surface area (Å²) < 4.78 is 13.3. The smallest absolute Gasteiger partial charge is 0.225 e. The average molecular weight is 511 g/mol. The summed E-state index contributed by atoms with van der Waals surface area (Å²) in [5, 5.41) is 15.6. The lowest BCUT2D eigenvalue weighted by atomic mass is 9.99. The number of fused-ring (bicyclic) bond motifs is 2. The molecule has 1 aliphatic rings. The summed E-state index contributed by atoms with van der Waals surface area (Å²) in [5.41, 5.74) is 9.71. The van der Waals surface area contributed by atoms with Crippen LogP contribution in [-0.2, 0) is 13.0 Å². The van der Waals surface area contributed by atoms with Crippen LogP contribution < -0.4 is 15.8 Å².